The largest absolute Gasteiger partial charge is 0.368 e. The summed E-state index contributed by atoms with van der Waals surface area (Å²) in [5.41, 5.74) is 0.338. The summed E-state index contributed by atoms with van der Waals surface area (Å²) in [5, 5.41) is 3.48. The number of fused-ring (bicyclic) bond motifs is 1. The second-order valence-corrected chi connectivity index (χ2v) is 7.92. The van der Waals surface area contributed by atoms with Gasteiger partial charge in [-0.05, 0) is 43.7 Å². The number of rotatable bonds is 3. The zero-order chi connectivity index (χ0) is 17.6. The molecule has 1 aromatic heterocycles. The molecule has 1 saturated heterocycles. The Kier molecular flexibility index (Phi) is 3.93. The second-order valence-electron chi connectivity index (χ2n) is 7.92. The van der Waals surface area contributed by atoms with E-state index in [0.29, 0.717) is 31.8 Å². The van der Waals surface area contributed by atoms with Gasteiger partial charge in [0.25, 0.3) is 5.91 Å². The number of likely N-dealkylation sites (tertiary alicyclic amines) is 1. The van der Waals surface area contributed by atoms with Crippen LogP contribution in [0.4, 0.5) is 11.5 Å². The van der Waals surface area contributed by atoms with Gasteiger partial charge in [0, 0.05) is 31.7 Å². The first kappa shape index (κ1) is 16.4. The maximum absolute atomic E-state index is 13.4. The van der Waals surface area contributed by atoms with E-state index in [1.54, 1.807) is 6.20 Å². The minimum atomic E-state index is -0.599. The fourth-order valence-electron chi connectivity index (χ4n) is 3.92. The summed E-state index contributed by atoms with van der Waals surface area (Å²) in [6.07, 6.45) is 5.45. The van der Waals surface area contributed by atoms with Crippen LogP contribution < -0.4 is 10.2 Å². The summed E-state index contributed by atoms with van der Waals surface area (Å²) in [5.74, 6) is 1.67. The molecule has 134 valence electrons. The number of amides is 2. The normalized spacial score (nSPS) is 22.1. The van der Waals surface area contributed by atoms with Crippen LogP contribution in [-0.2, 0) is 9.59 Å². The molecule has 1 aromatic rings. The Morgan fingerprint density at radius 2 is 2.08 bits per heavy atom. The lowest BCUT2D eigenvalue weighted by Crippen LogP contribution is -2.63. The molecule has 4 rings (SSSR count). The average molecular weight is 342 g/mol. The summed E-state index contributed by atoms with van der Waals surface area (Å²) in [6, 6.07) is 3.91. The van der Waals surface area contributed by atoms with Gasteiger partial charge in [0.05, 0.1) is 5.69 Å². The van der Waals surface area contributed by atoms with Crippen molar-refractivity contribution in [3.63, 3.8) is 0 Å². The number of anilines is 2. The van der Waals surface area contributed by atoms with Gasteiger partial charge in [-0.2, -0.15) is 0 Å². The number of hydrogen-bond acceptors (Lipinski definition) is 4. The Hall–Kier alpha value is -2.11. The molecular formula is C19H26N4O2. The van der Waals surface area contributed by atoms with Crippen molar-refractivity contribution in [2.24, 2.45) is 11.8 Å². The predicted molar refractivity (Wildman–Crippen MR) is 96.3 cm³/mol. The highest BCUT2D eigenvalue weighted by molar-refractivity contribution is 6.07. The molecule has 0 radical (unpaired) electrons. The maximum Gasteiger partial charge on any atom is 0.254 e. The van der Waals surface area contributed by atoms with Crippen LogP contribution >= 0.6 is 0 Å². The van der Waals surface area contributed by atoms with Crippen molar-refractivity contribution in [1.82, 2.24) is 9.88 Å². The molecule has 6 heteroatoms. The number of piperidine rings is 1. The topological polar surface area (TPSA) is 65.5 Å². The van der Waals surface area contributed by atoms with Gasteiger partial charge in [-0.15, -0.1) is 0 Å². The Morgan fingerprint density at radius 3 is 2.72 bits per heavy atom. The molecule has 2 fully saturated rings. The van der Waals surface area contributed by atoms with E-state index < -0.39 is 5.54 Å². The SMILES string of the molecule is CC(C)C(=O)N1CCC2(CC1)Nc1cccnc1N(CC1CC1)C2=O. The van der Waals surface area contributed by atoms with E-state index in [4.69, 9.17) is 0 Å². The minimum Gasteiger partial charge on any atom is -0.368 e. The molecule has 0 atom stereocenters. The van der Waals surface area contributed by atoms with Crippen LogP contribution in [0.2, 0.25) is 0 Å². The minimum absolute atomic E-state index is 0.000331. The van der Waals surface area contributed by atoms with Gasteiger partial charge in [0.2, 0.25) is 5.91 Å². The van der Waals surface area contributed by atoms with Crippen molar-refractivity contribution in [3.8, 4) is 0 Å². The van der Waals surface area contributed by atoms with E-state index in [1.807, 2.05) is 35.8 Å². The summed E-state index contributed by atoms with van der Waals surface area (Å²) < 4.78 is 0. The summed E-state index contributed by atoms with van der Waals surface area (Å²) in [6.45, 7) is 5.87. The van der Waals surface area contributed by atoms with Crippen LogP contribution in [0.3, 0.4) is 0 Å². The highest BCUT2D eigenvalue weighted by atomic mass is 16.2. The Balaban J connectivity index is 1.58. The quantitative estimate of drug-likeness (QED) is 0.915. The Morgan fingerprint density at radius 1 is 1.36 bits per heavy atom. The predicted octanol–water partition coefficient (Wildman–Crippen LogP) is 2.27. The van der Waals surface area contributed by atoms with E-state index >= 15 is 0 Å². The van der Waals surface area contributed by atoms with Crippen LogP contribution in [0.25, 0.3) is 0 Å². The third-order valence-electron chi connectivity index (χ3n) is 5.63. The molecule has 1 aliphatic carbocycles. The third kappa shape index (κ3) is 2.87. The number of carbonyl (C=O) groups excluding carboxylic acids is 2. The molecule has 3 aliphatic rings. The fourth-order valence-corrected chi connectivity index (χ4v) is 3.92. The fraction of sp³-hybridized carbons (Fsp3) is 0.632. The standard InChI is InChI=1S/C19H26N4O2/c1-13(2)17(24)22-10-7-19(8-11-22)18(25)23(12-14-5-6-14)16-15(21-19)4-3-9-20-16/h3-4,9,13-14,21H,5-8,10-12H2,1-2H3. The molecular weight excluding hydrogens is 316 g/mol. The Bertz CT molecular complexity index is 690. The summed E-state index contributed by atoms with van der Waals surface area (Å²) in [7, 11) is 0. The van der Waals surface area contributed by atoms with Crippen molar-refractivity contribution in [2.75, 3.05) is 29.9 Å². The first-order valence-electron chi connectivity index (χ1n) is 9.34. The third-order valence-corrected chi connectivity index (χ3v) is 5.63. The van der Waals surface area contributed by atoms with Gasteiger partial charge < -0.3 is 10.2 Å². The van der Waals surface area contributed by atoms with Crippen molar-refractivity contribution < 1.29 is 9.59 Å². The molecule has 0 aromatic carbocycles. The summed E-state index contributed by atoms with van der Waals surface area (Å²) >= 11 is 0. The van der Waals surface area contributed by atoms with Gasteiger partial charge in [-0.1, -0.05) is 13.8 Å². The number of hydrogen-bond donors (Lipinski definition) is 1. The highest BCUT2D eigenvalue weighted by Gasteiger charge is 2.49. The first-order chi connectivity index (χ1) is 12.0. The monoisotopic (exact) mass is 342 g/mol. The molecule has 2 amide bonds. The van der Waals surface area contributed by atoms with E-state index in [9.17, 15) is 9.59 Å². The van der Waals surface area contributed by atoms with E-state index in [2.05, 4.69) is 10.3 Å². The molecule has 25 heavy (non-hydrogen) atoms. The van der Waals surface area contributed by atoms with Crippen molar-refractivity contribution >= 4 is 23.3 Å². The van der Waals surface area contributed by atoms with E-state index in [1.165, 1.54) is 12.8 Å². The molecule has 1 spiro atoms. The molecule has 0 unspecified atom stereocenters. The number of aromatic nitrogens is 1. The van der Waals surface area contributed by atoms with Crippen LogP contribution in [-0.4, -0.2) is 46.9 Å². The smallest absolute Gasteiger partial charge is 0.254 e. The first-order valence-corrected chi connectivity index (χ1v) is 9.34. The van der Waals surface area contributed by atoms with Crippen molar-refractivity contribution in [2.45, 2.75) is 45.1 Å². The van der Waals surface area contributed by atoms with Crippen molar-refractivity contribution in [3.05, 3.63) is 18.3 Å². The van der Waals surface area contributed by atoms with Gasteiger partial charge >= 0.3 is 0 Å². The molecule has 0 bridgehead atoms. The van der Waals surface area contributed by atoms with Crippen LogP contribution in [0.1, 0.15) is 39.5 Å². The van der Waals surface area contributed by atoms with Gasteiger partial charge in [0.1, 0.15) is 5.54 Å². The van der Waals surface area contributed by atoms with Crippen LogP contribution in [0, 0.1) is 11.8 Å². The maximum atomic E-state index is 13.4. The second kappa shape index (κ2) is 6.00. The van der Waals surface area contributed by atoms with Gasteiger partial charge in [-0.3, -0.25) is 14.5 Å². The molecule has 6 nitrogen and oxygen atoms in total. The van der Waals surface area contributed by atoms with E-state index in [-0.39, 0.29) is 17.7 Å². The number of nitrogens with zero attached hydrogens (tertiary/aromatic N) is 3. The summed E-state index contributed by atoms with van der Waals surface area (Å²) in [4.78, 5) is 33.9. The molecule has 1 N–H and O–H groups in total. The zero-order valence-electron chi connectivity index (χ0n) is 15.0. The molecule has 2 aliphatic heterocycles. The zero-order valence-corrected chi connectivity index (χ0v) is 15.0. The van der Waals surface area contributed by atoms with Crippen LogP contribution in [0.15, 0.2) is 18.3 Å². The average Bonchev–Trinajstić information content (AvgIpc) is 3.43. The lowest BCUT2D eigenvalue weighted by Gasteiger charge is -2.47. The van der Waals surface area contributed by atoms with Gasteiger partial charge in [-0.25, -0.2) is 4.98 Å². The number of pyridine rings is 1. The van der Waals surface area contributed by atoms with E-state index in [0.717, 1.165) is 18.1 Å². The highest BCUT2D eigenvalue weighted by Crippen LogP contribution is 2.41. The number of nitrogens with one attached hydrogen (secondary N) is 1. The lowest BCUT2D eigenvalue weighted by atomic mass is 9.83. The molecule has 1 saturated carbocycles. The Labute approximate surface area is 148 Å². The number of carbonyl (C=O) groups is 2. The van der Waals surface area contributed by atoms with Crippen LogP contribution in [0.5, 0.6) is 0 Å². The molecule has 3 heterocycles. The lowest BCUT2D eigenvalue weighted by molar-refractivity contribution is -0.138. The van der Waals surface area contributed by atoms with Gasteiger partial charge in [0.15, 0.2) is 5.82 Å². The van der Waals surface area contributed by atoms with Crippen molar-refractivity contribution in [1.29, 1.82) is 0 Å².